The molecule has 2 aliphatic heterocycles. The number of nitrogens with two attached hydrogens (primary N) is 1. The Hall–Kier alpha value is -3.25. The Balaban J connectivity index is 1.50. The summed E-state index contributed by atoms with van der Waals surface area (Å²) in [5.41, 5.74) is 5.84. The van der Waals surface area contributed by atoms with E-state index < -0.39 is 29.2 Å². The Morgan fingerprint density at radius 1 is 1.43 bits per heavy atom. The van der Waals surface area contributed by atoms with Gasteiger partial charge in [-0.2, -0.15) is 9.36 Å². The molecule has 4 heterocycles. The molecule has 0 saturated carbocycles. The Morgan fingerprint density at radius 3 is 2.80 bits per heavy atom. The minimum Gasteiger partial charge on any atom is -0.477 e. The normalized spacial score (nSPS) is 20.1. The number of carbonyl (C=O) groups excluding carboxylic acids is 2. The molecule has 4 N–H and O–H groups in total. The number of amides is 2. The maximum Gasteiger partial charge on any atom is 0.352 e. The molecule has 186 valence electrons. The highest BCUT2D eigenvalue weighted by atomic mass is 32.2. The van der Waals surface area contributed by atoms with E-state index in [1.165, 1.54) is 33.1 Å². The van der Waals surface area contributed by atoms with E-state index in [0.29, 0.717) is 16.5 Å². The van der Waals surface area contributed by atoms with Crippen molar-refractivity contribution in [2.45, 2.75) is 36.5 Å². The average Bonchev–Trinajstić information content (AvgIpc) is 3.42. The highest BCUT2D eigenvalue weighted by Crippen LogP contribution is 2.41. The number of aromatic nitrogens is 6. The second kappa shape index (κ2) is 10.2. The van der Waals surface area contributed by atoms with Crippen LogP contribution in [0.25, 0.3) is 0 Å². The Labute approximate surface area is 210 Å². The molecule has 2 unspecified atom stereocenters. The van der Waals surface area contributed by atoms with Gasteiger partial charge in [-0.25, -0.2) is 9.48 Å². The first-order valence-electron chi connectivity index (χ1n) is 10.1. The van der Waals surface area contributed by atoms with Crippen molar-refractivity contribution in [3.63, 3.8) is 0 Å². The number of β-lactam (4-membered cyclic amide) rings is 1. The van der Waals surface area contributed by atoms with Crippen molar-refractivity contribution in [3.05, 3.63) is 17.1 Å². The van der Waals surface area contributed by atoms with Gasteiger partial charge in [0.05, 0.1) is 0 Å². The lowest BCUT2D eigenvalue weighted by Crippen LogP contribution is -2.71. The zero-order valence-corrected chi connectivity index (χ0v) is 21.1. The standard InChI is InChI=1S/C17H20N10O5S3/c1-6(2)32-22-8(11-20-16(18)35-23-11)12(28)19-9-13(29)27-10(15(30)31)7(4-33-14(9)27)5-34-17-21-24-25-26(17)3/h6,9,14H,4-5H2,1-3H3,(H,19,28)(H,30,31)(H2,18,20,23)/b22-8+. The number of thioether (sulfide) groups is 2. The van der Waals surface area contributed by atoms with Gasteiger partial charge in [0, 0.05) is 30.1 Å². The molecule has 2 aliphatic rings. The van der Waals surface area contributed by atoms with Crippen LogP contribution in [0.5, 0.6) is 0 Å². The highest BCUT2D eigenvalue weighted by molar-refractivity contribution is 8.01. The number of oxime groups is 1. The fourth-order valence-corrected chi connectivity index (χ4v) is 5.94. The summed E-state index contributed by atoms with van der Waals surface area (Å²) in [6.45, 7) is 3.45. The van der Waals surface area contributed by atoms with Crippen molar-refractivity contribution < 1.29 is 24.3 Å². The van der Waals surface area contributed by atoms with Gasteiger partial charge in [0.25, 0.3) is 11.8 Å². The number of nitrogens with one attached hydrogen (secondary N) is 1. The molecule has 18 heteroatoms. The van der Waals surface area contributed by atoms with Gasteiger partial charge in [-0.05, 0) is 29.8 Å². The van der Waals surface area contributed by atoms with Gasteiger partial charge in [-0.3, -0.25) is 14.5 Å². The minimum absolute atomic E-state index is 0.0331. The number of nitrogen functional groups attached to an aromatic ring is 1. The van der Waals surface area contributed by atoms with Crippen LogP contribution < -0.4 is 11.1 Å². The summed E-state index contributed by atoms with van der Waals surface area (Å²) >= 11 is 3.49. The molecule has 2 amide bonds. The monoisotopic (exact) mass is 540 g/mol. The molecule has 2 atom stereocenters. The number of anilines is 1. The van der Waals surface area contributed by atoms with Gasteiger partial charge in [-0.1, -0.05) is 16.9 Å². The van der Waals surface area contributed by atoms with Gasteiger partial charge < -0.3 is 21.0 Å². The first-order chi connectivity index (χ1) is 16.7. The van der Waals surface area contributed by atoms with E-state index >= 15 is 0 Å². The molecule has 35 heavy (non-hydrogen) atoms. The minimum atomic E-state index is -1.23. The molecule has 0 aromatic carbocycles. The van der Waals surface area contributed by atoms with E-state index in [1.54, 1.807) is 20.9 Å². The number of hydrogen-bond acceptors (Lipinski definition) is 14. The Kier molecular flexibility index (Phi) is 7.22. The summed E-state index contributed by atoms with van der Waals surface area (Å²) in [7, 11) is 1.67. The quantitative estimate of drug-likeness (QED) is 0.156. The molecule has 2 aromatic rings. The van der Waals surface area contributed by atoms with Gasteiger partial charge >= 0.3 is 5.97 Å². The van der Waals surface area contributed by atoms with E-state index in [9.17, 15) is 19.5 Å². The largest absolute Gasteiger partial charge is 0.477 e. The molecule has 0 bridgehead atoms. The second-order valence-corrected chi connectivity index (χ2v) is 10.4. The number of fused-ring (bicyclic) bond motifs is 1. The maximum absolute atomic E-state index is 13.0. The van der Waals surface area contributed by atoms with E-state index in [0.717, 1.165) is 11.5 Å². The van der Waals surface area contributed by atoms with Crippen LogP contribution in [0.15, 0.2) is 21.6 Å². The van der Waals surface area contributed by atoms with Crippen molar-refractivity contribution >= 4 is 63.7 Å². The molecule has 15 nitrogen and oxygen atoms in total. The fraction of sp³-hybridized carbons (Fsp3) is 0.471. The number of hydrogen-bond donors (Lipinski definition) is 3. The molecular formula is C17H20N10O5S3. The summed E-state index contributed by atoms with van der Waals surface area (Å²) in [5.74, 6) is -1.91. The number of carboxylic acids is 1. The number of aryl methyl sites for hydroxylation is 1. The van der Waals surface area contributed by atoms with Crippen LogP contribution in [-0.4, -0.2) is 92.1 Å². The van der Waals surface area contributed by atoms with Crippen molar-refractivity contribution in [3.8, 4) is 0 Å². The van der Waals surface area contributed by atoms with Gasteiger partial charge in [0.15, 0.2) is 5.13 Å². The fourth-order valence-electron chi connectivity index (χ4n) is 3.17. The number of nitrogens with zero attached hydrogens (tertiary/aromatic N) is 8. The third-order valence-corrected chi connectivity index (χ3v) is 7.70. The van der Waals surface area contributed by atoms with Crippen LogP contribution in [0.4, 0.5) is 5.13 Å². The van der Waals surface area contributed by atoms with Crippen LogP contribution in [0, 0.1) is 0 Å². The van der Waals surface area contributed by atoms with Gasteiger partial charge in [0.2, 0.25) is 16.7 Å². The average molecular weight is 541 g/mol. The summed E-state index contributed by atoms with van der Waals surface area (Å²) < 4.78 is 5.46. The number of carboxylic acid groups (broad SMARTS) is 1. The highest BCUT2D eigenvalue weighted by Gasteiger charge is 2.54. The van der Waals surface area contributed by atoms with Crippen LogP contribution in [-0.2, 0) is 26.3 Å². The molecule has 0 radical (unpaired) electrons. The van der Waals surface area contributed by atoms with Crippen molar-refractivity contribution in [2.75, 3.05) is 17.2 Å². The maximum atomic E-state index is 13.0. The number of aliphatic carboxylic acids is 1. The molecule has 1 saturated heterocycles. The van der Waals surface area contributed by atoms with Crippen molar-refractivity contribution in [1.82, 2.24) is 39.8 Å². The van der Waals surface area contributed by atoms with Crippen LogP contribution in [0.2, 0.25) is 0 Å². The number of rotatable bonds is 9. The van der Waals surface area contributed by atoms with Crippen LogP contribution in [0.3, 0.4) is 0 Å². The van der Waals surface area contributed by atoms with E-state index in [4.69, 9.17) is 10.6 Å². The molecular weight excluding hydrogens is 520 g/mol. The van der Waals surface area contributed by atoms with Gasteiger partial charge in [0.1, 0.15) is 23.2 Å². The first-order valence-corrected chi connectivity index (χ1v) is 12.9. The third kappa shape index (κ3) is 5.08. The predicted octanol–water partition coefficient (Wildman–Crippen LogP) is -0.696. The SMILES string of the molecule is CC(C)O/N=C(/C(=O)NC1C(=O)N2C(C(=O)O)=C(CSc3nnnn3C)CSC12)c1nsc(N)n1. The molecule has 2 aromatic heterocycles. The lowest BCUT2D eigenvalue weighted by Gasteiger charge is -2.49. The smallest absolute Gasteiger partial charge is 0.352 e. The predicted molar refractivity (Wildman–Crippen MR) is 126 cm³/mol. The summed E-state index contributed by atoms with van der Waals surface area (Å²) in [6, 6.07) is -0.959. The van der Waals surface area contributed by atoms with E-state index in [-0.39, 0.29) is 34.2 Å². The Bertz CT molecular complexity index is 1220. The first kappa shape index (κ1) is 24.9. The zero-order chi connectivity index (χ0) is 25.3. The Morgan fingerprint density at radius 2 is 2.20 bits per heavy atom. The zero-order valence-electron chi connectivity index (χ0n) is 18.6. The summed E-state index contributed by atoms with van der Waals surface area (Å²) in [6.07, 6.45) is -0.319. The van der Waals surface area contributed by atoms with Crippen molar-refractivity contribution in [1.29, 1.82) is 0 Å². The molecule has 0 aliphatic carbocycles. The molecule has 0 spiro atoms. The molecule has 4 rings (SSSR count). The van der Waals surface area contributed by atoms with Crippen LogP contribution in [0.1, 0.15) is 19.7 Å². The number of tetrazole rings is 1. The lowest BCUT2D eigenvalue weighted by molar-refractivity contribution is -0.150. The summed E-state index contributed by atoms with van der Waals surface area (Å²) in [5, 5.41) is 27.5. The number of carbonyl (C=O) groups is 3. The molecule has 1 fully saturated rings. The van der Waals surface area contributed by atoms with E-state index in [1.807, 2.05) is 0 Å². The topological polar surface area (TPSA) is 204 Å². The van der Waals surface area contributed by atoms with Gasteiger partial charge in [-0.15, -0.1) is 16.9 Å². The van der Waals surface area contributed by atoms with Crippen molar-refractivity contribution in [2.24, 2.45) is 12.2 Å². The second-order valence-electron chi connectivity index (χ2n) is 7.54. The van der Waals surface area contributed by atoms with Crippen LogP contribution >= 0.6 is 35.1 Å². The summed E-state index contributed by atoms with van der Waals surface area (Å²) in [4.78, 5) is 48.3. The lowest BCUT2D eigenvalue weighted by atomic mass is 10.0. The third-order valence-electron chi connectivity index (χ3n) is 4.72. The van der Waals surface area contributed by atoms with E-state index in [2.05, 4.69) is 35.4 Å².